The fourth-order valence-electron chi connectivity index (χ4n) is 2.50. The second-order valence-corrected chi connectivity index (χ2v) is 7.77. The average Bonchev–Trinajstić information content (AvgIpc) is 2.48. The number of sulfone groups is 1. The van der Waals surface area contributed by atoms with E-state index in [1.807, 2.05) is 13.0 Å². The van der Waals surface area contributed by atoms with Crippen LogP contribution in [0.2, 0.25) is 0 Å². The number of benzene rings is 1. The predicted octanol–water partition coefficient (Wildman–Crippen LogP) is 1.03. The number of hydrogen-bond donors (Lipinski definition) is 1. The van der Waals surface area contributed by atoms with E-state index in [0.29, 0.717) is 24.6 Å². The van der Waals surface area contributed by atoms with Crippen molar-refractivity contribution in [3.8, 4) is 0 Å². The minimum atomic E-state index is -3.27. The van der Waals surface area contributed by atoms with Gasteiger partial charge in [0.25, 0.3) is 0 Å². The lowest BCUT2D eigenvalue weighted by molar-refractivity contribution is -0.0469. The highest BCUT2D eigenvalue weighted by Crippen LogP contribution is 2.16. The van der Waals surface area contributed by atoms with Crippen molar-refractivity contribution in [3.05, 3.63) is 29.8 Å². The normalized spacial score (nSPS) is 24.1. The molecule has 1 heterocycles. The Balaban J connectivity index is 2.03. The van der Waals surface area contributed by atoms with E-state index in [1.54, 1.807) is 18.2 Å². The molecule has 118 valence electrons. The Morgan fingerprint density at radius 2 is 2.14 bits per heavy atom. The monoisotopic (exact) mass is 312 g/mol. The summed E-state index contributed by atoms with van der Waals surface area (Å²) < 4.78 is 30.4. The zero-order valence-corrected chi connectivity index (χ0v) is 13.5. The first-order chi connectivity index (χ1) is 9.92. The van der Waals surface area contributed by atoms with E-state index < -0.39 is 9.84 Å². The fourth-order valence-corrected chi connectivity index (χ4v) is 3.83. The van der Waals surface area contributed by atoms with E-state index in [-0.39, 0.29) is 17.9 Å². The lowest BCUT2D eigenvalue weighted by Gasteiger charge is -2.36. The largest absolute Gasteiger partial charge is 0.376 e. The Morgan fingerprint density at radius 3 is 2.86 bits per heavy atom. The second-order valence-electron chi connectivity index (χ2n) is 5.66. The van der Waals surface area contributed by atoms with Gasteiger partial charge in [0, 0.05) is 25.7 Å². The van der Waals surface area contributed by atoms with Gasteiger partial charge in [0.2, 0.25) is 0 Å². The van der Waals surface area contributed by atoms with E-state index >= 15 is 0 Å². The molecule has 2 rings (SSSR count). The van der Waals surface area contributed by atoms with Gasteiger partial charge in [-0.3, -0.25) is 4.90 Å². The van der Waals surface area contributed by atoms with Crippen molar-refractivity contribution in [2.75, 3.05) is 25.4 Å². The highest BCUT2D eigenvalue weighted by Gasteiger charge is 2.25. The Bertz CT molecular complexity index is 574. The van der Waals surface area contributed by atoms with Crippen molar-refractivity contribution in [2.24, 2.45) is 5.73 Å². The Morgan fingerprint density at radius 1 is 1.38 bits per heavy atom. The summed E-state index contributed by atoms with van der Waals surface area (Å²) in [5.41, 5.74) is 6.41. The molecule has 0 aromatic heterocycles. The SMILES string of the molecule is CC1CN(CCS(=O)(=O)c2cccc(CN)c2)C(C)CO1. The topological polar surface area (TPSA) is 72.6 Å². The van der Waals surface area contributed by atoms with Crippen LogP contribution in [0.5, 0.6) is 0 Å². The third-order valence-electron chi connectivity index (χ3n) is 3.88. The van der Waals surface area contributed by atoms with Gasteiger partial charge in [-0.1, -0.05) is 12.1 Å². The molecule has 0 radical (unpaired) electrons. The number of nitrogens with two attached hydrogens (primary N) is 1. The van der Waals surface area contributed by atoms with Gasteiger partial charge in [0.05, 0.1) is 23.4 Å². The second kappa shape index (κ2) is 6.87. The van der Waals surface area contributed by atoms with E-state index in [0.717, 1.165) is 12.1 Å². The van der Waals surface area contributed by atoms with Crippen LogP contribution in [-0.4, -0.2) is 50.9 Å². The molecule has 1 saturated heterocycles. The van der Waals surface area contributed by atoms with Crippen LogP contribution in [0, 0.1) is 0 Å². The van der Waals surface area contributed by atoms with Crippen molar-refractivity contribution >= 4 is 9.84 Å². The Hall–Kier alpha value is -0.950. The van der Waals surface area contributed by atoms with E-state index in [1.165, 1.54) is 0 Å². The first-order valence-electron chi connectivity index (χ1n) is 7.30. The van der Waals surface area contributed by atoms with Crippen LogP contribution in [0.4, 0.5) is 0 Å². The van der Waals surface area contributed by atoms with Crippen LogP contribution >= 0.6 is 0 Å². The number of rotatable bonds is 5. The maximum atomic E-state index is 12.4. The molecular formula is C15H24N2O3S. The van der Waals surface area contributed by atoms with Crippen molar-refractivity contribution in [3.63, 3.8) is 0 Å². The molecule has 0 saturated carbocycles. The minimum Gasteiger partial charge on any atom is -0.376 e. The van der Waals surface area contributed by atoms with E-state index in [4.69, 9.17) is 10.5 Å². The summed E-state index contributed by atoms with van der Waals surface area (Å²) in [6, 6.07) is 7.14. The molecule has 0 aliphatic carbocycles. The van der Waals surface area contributed by atoms with Crippen LogP contribution in [-0.2, 0) is 21.1 Å². The molecule has 1 aromatic carbocycles. The van der Waals surface area contributed by atoms with E-state index in [9.17, 15) is 8.42 Å². The number of ether oxygens (including phenoxy) is 1. The molecule has 2 N–H and O–H groups in total. The molecule has 1 fully saturated rings. The lowest BCUT2D eigenvalue weighted by Crippen LogP contribution is -2.48. The molecule has 2 unspecified atom stereocenters. The summed E-state index contributed by atoms with van der Waals surface area (Å²) in [5.74, 6) is 0.123. The number of morpholine rings is 1. The Kier molecular flexibility index (Phi) is 5.37. The van der Waals surface area contributed by atoms with Crippen molar-refractivity contribution in [1.29, 1.82) is 0 Å². The summed E-state index contributed by atoms with van der Waals surface area (Å²) >= 11 is 0. The first kappa shape index (κ1) is 16.4. The summed E-state index contributed by atoms with van der Waals surface area (Å²) in [7, 11) is -3.27. The molecule has 1 aromatic rings. The molecule has 1 aliphatic rings. The predicted molar refractivity (Wildman–Crippen MR) is 82.8 cm³/mol. The standard InChI is InChI=1S/C15H24N2O3S/c1-12-11-20-13(2)10-17(12)6-7-21(18,19)15-5-3-4-14(8-15)9-16/h3-5,8,12-13H,6-7,9-11,16H2,1-2H3. The maximum absolute atomic E-state index is 12.4. The van der Waals surface area contributed by atoms with Crippen molar-refractivity contribution < 1.29 is 13.2 Å². The van der Waals surface area contributed by atoms with Gasteiger partial charge >= 0.3 is 0 Å². The third-order valence-corrected chi connectivity index (χ3v) is 5.57. The minimum absolute atomic E-state index is 0.123. The third kappa shape index (κ3) is 4.26. The van der Waals surface area contributed by atoms with E-state index in [2.05, 4.69) is 11.8 Å². The number of nitrogens with zero attached hydrogens (tertiary/aromatic N) is 1. The first-order valence-corrected chi connectivity index (χ1v) is 8.95. The van der Waals surface area contributed by atoms with Crippen LogP contribution in [0.1, 0.15) is 19.4 Å². The van der Waals surface area contributed by atoms with Gasteiger partial charge in [-0.05, 0) is 31.5 Å². The maximum Gasteiger partial charge on any atom is 0.179 e. The van der Waals surface area contributed by atoms with Crippen LogP contribution in [0.15, 0.2) is 29.2 Å². The molecule has 0 amide bonds. The van der Waals surface area contributed by atoms with Crippen LogP contribution in [0.25, 0.3) is 0 Å². The molecule has 6 heteroatoms. The van der Waals surface area contributed by atoms with Gasteiger partial charge in [-0.15, -0.1) is 0 Å². The Labute approximate surface area is 127 Å². The molecule has 5 nitrogen and oxygen atoms in total. The molecule has 2 atom stereocenters. The molecular weight excluding hydrogens is 288 g/mol. The van der Waals surface area contributed by atoms with Crippen molar-refractivity contribution in [1.82, 2.24) is 4.90 Å². The molecule has 0 spiro atoms. The van der Waals surface area contributed by atoms with Gasteiger partial charge in [0.15, 0.2) is 9.84 Å². The number of hydrogen-bond acceptors (Lipinski definition) is 5. The zero-order valence-electron chi connectivity index (χ0n) is 12.7. The quantitative estimate of drug-likeness (QED) is 0.879. The zero-order chi connectivity index (χ0) is 15.5. The smallest absolute Gasteiger partial charge is 0.179 e. The molecule has 1 aliphatic heterocycles. The highest BCUT2D eigenvalue weighted by atomic mass is 32.2. The average molecular weight is 312 g/mol. The highest BCUT2D eigenvalue weighted by molar-refractivity contribution is 7.91. The fraction of sp³-hybridized carbons (Fsp3) is 0.600. The lowest BCUT2D eigenvalue weighted by atomic mass is 10.2. The van der Waals surface area contributed by atoms with Crippen LogP contribution in [0.3, 0.4) is 0 Å². The van der Waals surface area contributed by atoms with Gasteiger partial charge < -0.3 is 10.5 Å². The van der Waals surface area contributed by atoms with Crippen molar-refractivity contribution in [2.45, 2.75) is 37.4 Å². The summed E-state index contributed by atoms with van der Waals surface area (Å²) in [5, 5.41) is 0. The van der Waals surface area contributed by atoms with Gasteiger partial charge in [0.1, 0.15) is 0 Å². The summed E-state index contributed by atoms with van der Waals surface area (Å²) in [4.78, 5) is 2.54. The summed E-state index contributed by atoms with van der Waals surface area (Å²) in [6.45, 7) is 6.39. The summed E-state index contributed by atoms with van der Waals surface area (Å²) in [6.07, 6.45) is 0.157. The molecule has 21 heavy (non-hydrogen) atoms. The van der Waals surface area contributed by atoms with Gasteiger partial charge in [-0.2, -0.15) is 0 Å². The molecule has 0 bridgehead atoms. The van der Waals surface area contributed by atoms with Crippen LogP contribution < -0.4 is 5.73 Å². The van der Waals surface area contributed by atoms with Gasteiger partial charge in [-0.25, -0.2) is 8.42 Å².